The van der Waals surface area contributed by atoms with E-state index in [0.29, 0.717) is 42.0 Å². The maximum atomic E-state index is 13.1. The number of aryl methyl sites for hydroxylation is 1. The van der Waals surface area contributed by atoms with Crippen molar-refractivity contribution in [2.45, 2.75) is 57.5 Å². The number of ether oxygens (including phenoxy) is 1. The van der Waals surface area contributed by atoms with E-state index >= 15 is 0 Å². The Morgan fingerprint density at radius 1 is 1.25 bits per heavy atom. The Kier molecular flexibility index (Phi) is 5.29. The molecule has 1 fully saturated rings. The molecule has 1 aromatic carbocycles. The van der Waals surface area contributed by atoms with Gasteiger partial charge in [0.2, 0.25) is 5.91 Å². The van der Waals surface area contributed by atoms with E-state index in [2.05, 4.69) is 5.32 Å². The van der Waals surface area contributed by atoms with E-state index in [1.54, 1.807) is 17.0 Å². The SMILES string of the molecule is CC(C)(C)OC(=O)N1CCCc2nc(C3(C(=O)Nc4ccc(C#N)cc4N)CC3)ccc21. The van der Waals surface area contributed by atoms with Gasteiger partial charge in [0.05, 0.1) is 45.5 Å². The summed E-state index contributed by atoms with van der Waals surface area (Å²) in [5.74, 6) is -0.166. The lowest BCUT2D eigenvalue weighted by Crippen LogP contribution is -2.40. The molecule has 2 heterocycles. The third-order valence-corrected chi connectivity index (χ3v) is 5.75. The zero-order valence-electron chi connectivity index (χ0n) is 18.6. The predicted octanol–water partition coefficient (Wildman–Crippen LogP) is 3.89. The molecule has 8 nitrogen and oxygen atoms in total. The lowest BCUT2D eigenvalue weighted by Gasteiger charge is -2.31. The highest BCUT2D eigenvalue weighted by molar-refractivity contribution is 6.03. The Morgan fingerprint density at radius 3 is 2.62 bits per heavy atom. The number of amides is 2. The van der Waals surface area contributed by atoms with Crippen molar-refractivity contribution in [3.8, 4) is 6.07 Å². The number of hydrogen-bond acceptors (Lipinski definition) is 6. The van der Waals surface area contributed by atoms with Crippen LogP contribution in [0.3, 0.4) is 0 Å². The molecule has 0 bridgehead atoms. The number of rotatable bonds is 3. The molecule has 0 unspecified atom stereocenters. The fraction of sp³-hybridized carbons (Fsp3) is 0.417. The van der Waals surface area contributed by atoms with Gasteiger partial charge in [0.25, 0.3) is 0 Å². The van der Waals surface area contributed by atoms with Crippen LogP contribution in [0.15, 0.2) is 30.3 Å². The first-order chi connectivity index (χ1) is 15.1. The number of carbonyl (C=O) groups excluding carboxylic acids is 2. The number of fused-ring (bicyclic) bond motifs is 1. The van der Waals surface area contributed by atoms with Gasteiger partial charge in [-0.05, 0) is 76.8 Å². The monoisotopic (exact) mass is 433 g/mol. The lowest BCUT2D eigenvalue weighted by atomic mass is 9.98. The van der Waals surface area contributed by atoms with Crippen molar-refractivity contribution in [2.75, 3.05) is 22.5 Å². The van der Waals surface area contributed by atoms with Crippen molar-refractivity contribution in [1.82, 2.24) is 4.98 Å². The van der Waals surface area contributed by atoms with Crippen LogP contribution in [0.4, 0.5) is 21.9 Å². The number of nitrogen functional groups attached to an aromatic ring is 1. The van der Waals surface area contributed by atoms with Crippen molar-refractivity contribution in [1.29, 1.82) is 5.26 Å². The van der Waals surface area contributed by atoms with Crippen molar-refractivity contribution in [3.63, 3.8) is 0 Å². The Bertz CT molecular complexity index is 1130. The van der Waals surface area contributed by atoms with E-state index in [1.807, 2.05) is 39.0 Å². The van der Waals surface area contributed by atoms with Gasteiger partial charge in [-0.1, -0.05) is 0 Å². The molecule has 0 radical (unpaired) electrons. The summed E-state index contributed by atoms with van der Waals surface area (Å²) in [4.78, 5) is 32.2. The van der Waals surface area contributed by atoms with Crippen molar-refractivity contribution < 1.29 is 14.3 Å². The van der Waals surface area contributed by atoms with Gasteiger partial charge in [-0.2, -0.15) is 5.26 Å². The number of carbonyl (C=O) groups is 2. The minimum Gasteiger partial charge on any atom is -0.443 e. The smallest absolute Gasteiger partial charge is 0.414 e. The average molecular weight is 434 g/mol. The highest BCUT2D eigenvalue weighted by Crippen LogP contribution is 2.49. The highest BCUT2D eigenvalue weighted by Gasteiger charge is 2.53. The highest BCUT2D eigenvalue weighted by atomic mass is 16.6. The molecule has 4 rings (SSSR count). The zero-order chi connectivity index (χ0) is 23.1. The van der Waals surface area contributed by atoms with Gasteiger partial charge in [-0.3, -0.25) is 14.7 Å². The fourth-order valence-corrected chi connectivity index (χ4v) is 3.93. The summed E-state index contributed by atoms with van der Waals surface area (Å²) in [6, 6.07) is 10.5. The molecule has 0 saturated heterocycles. The molecule has 8 heteroatoms. The maximum absolute atomic E-state index is 13.1. The van der Waals surface area contributed by atoms with Crippen LogP contribution >= 0.6 is 0 Å². The molecule has 1 aliphatic heterocycles. The molecular formula is C24H27N5O3. The Morgan fingerprint density at radius 2 is 2.00 bits per heavy atom. The number of benzene rings is 1. The molecule has 1 aliphatic carbocycles. The molecule has 1 aromatic heterocycles. The van der Waals surface area contributed by atoms with Gasteiger partial charge in [-0.15, -0.1) is 0 Å². The Hall–Kier alpha value is -3.60. The minimum atomic E-state index is -0.705. The van der Waals surface area contributed by atoms with Gasteiger partial charge < -0.3 is 15.8 Å². The Labute approximate surface area is 187 Å². The largest absolute Gasteiger partial charge is 0.443 e. The number of aromatic nitrogens is 1. The summed E-state index contributed by atoms with van der Waals surface area (Å²) in [5.41, 5.74) is 8.22. The summed E-state index contributed by atoms with van der Waals surface area (Å²) in [6.07, 6.45) is 2.52. The topological polar surface area (TPSA) is 121 Å². The second kappa shape index (κ2) is 7.83. The van der Waals surface area contributed by atoms with Crippen LogP contribution in [0.2, 0.25) is 0 Å². The first-order valence-corrected chi connectivity index (χ1v) is 10.7. The predicted molar refractivity (Wildman–Crippen MR) is 121 cm³/mol. The number of anilines is 3. The van der Waals surface area contributed by atoms with Crippen LogP contribution in [-0.4, -0.2) is 29.1 Å². The van der Waals surface area contributed by atoms with Crippen LogP contribution in [0.25, 0.3) is 0 Å². The number of hydrogen-bond donors (Lipinski definition) is 2. The molecule has 32 heavy (non-hydrogen) atoms. The third-order valence-electron chi connectivity index (χ3n) is 5.75. The molecule has 2 aromatic rings. The van der Waals surface area contributed by atoms with Crippen LogP contribution < -0.4 is 16.0 Å². The third kappa shape index (κ3) is 4.11. The van der Waals surface area contributed by atoms with Crippen LogP contribution in [0.5, 0.6) is 0 Å². The second-order valence-corrected chi connectivity index (χ2v) is 9.35. The fourth-order valence-electron chi connectivity index (χ4n) is 3.93. The van der Waals surface area contributed by atoms with E-state index in [-0.39, 0.29) is 12.0 Å². The molecule has 166 valence electrons. The number of nitrogens with zero attached hydrogens (tertiary/aromatic N) is 3. The maximum Gasteiger partial charge on any atom is 0.414 e. The van der Waals surface area contributed by atoms with E-state index in [4.69, 9.17) is 20.7 Å². The number of nitriles is 1. The molecule has 2 aliphatic rings. The molecule has 3 N–H and O–H groups in total. The first-order valence-electron chi connectivity index (χ1n) is 10.7. The quantitative estimate of drug-likeness (QED) is 0.708. The van der Waals surface area contributed by atoms with E-state index in [1.165, 1.54) is 6.07 Å². The van der Waals surface area contributed by atoms with Crippen LogP contribution in [-0.2, 0) is 21.4 Å². The first kappa shape index (κ1) is 21.6. The molecule has 2 amide bonds. The van der Waals surface area contributed by atoms with Gasteiger partial charge in [0.1, 0.15) is 5.60 Å². The minimum absolute atomic E-state index is 0.166. The number of nitrogens with two attached hydrogens (primary N) is 1. The van der Waals surface area contributed by atoms with Crippen LogP contribution in [0, 0.1) is 11.3 Å². The molecular weight excluding hydrogens is 406 g/mol. The normalized spacial score (nSPS) is 16.5. The van der Waals surface area contributed by atoms with Gasteiger partial charge in [-0.25, -0.2) is 4.79 Å². The summed E-state index contributed by atoms with van der Waals surface area (Å²) in [5, 5.41) is 11.9. The summed E-state index contributed by atoms with van der Waals surface area (Å²) >= 11 is 0. The van der Waals surface area contributed by atoms with Crippen molar-refractivity contribution in [2.24, 2.45) is 0 Å². The van der Waals surface area contributed by atoms with Gasteiger partial charge in [0, 0.05) is 6.54 Å². The Balaban J connectivity index is 1.56. The number of nitrogens with one attached hydrogen (secondary N) is 1. The van der Waals surface area contributed by atoms with E-state index in [9.17, 15) is 9.59 Å². The number of pyridine rings is 1. The molecule has 0 spiro atoms. The summed E-state index contributed by atoms with van der Waals surface area (Å²) in [6.45, 7) is 6.10. The van der Waals surface area contributed by atoms with E-state index < -0.39 is 11.0 Å². The van der Waals surface area contributed by atoms with Crippen molar-refractivity contribution >= 4 is 29.1 Å². The summed E-state index contributed by atoms with van der Waals surface area (Å²) in [7, 11) is 0. The molecule has 1 saturated carbocycles. The van der Waals surface area contributed by atoms with Gasteiger partial charge >= 0.3 is 6.09 Å². The zero-order valence-corrected chi connectivity index (χ0v) is 18.6. The van der Waals surface area contributed by atoms with E-state index in [0.717, 1.165) is 24.2 Å². The average Bonchev–Trinajstić information content (AvgIpc) is 3.55. The lowest BCUT2D eigenvalue weighted by molar-refractivity contribution is -0.118. The second-order valence-electron chi connectivity index (χ2n) is 9.35. The van der Waals surface area contributed by atoms with Gasteiger partial charge in [0.15, 0.2) is 0 Å². The molecule has 0 atom stereocenters. The summed E-state index contributed by atoms with van der Waals surface area (Å²) < 4.78 is 5.54. The van der Waals surface area contributed by atoms with Crippen LogP contribution in [0.1, 0.15) is 57.0 Å². The standard InChI is InChI=1S/C24H27N5O3/c1-23(2,3)32-22(31)29-12-4-5-18-19(29)8-9-20(27-18)24(10-11-24)21(30)28-17-7-6-15(14-25)13-16(17)26/h6-9,13H,4-5,10-12,26H2,1-3H3,(H,28,30). The van der Waals surface area contributed by atoms with Crippen molar-refractivity contribution in [3.05, 3.63) is 47.3 Å².